The maximum atomic E-state index is 12.7. The molecule has 0 N–H and O–H groups in total. The molecule has 0 aromatic rings. The first kappa shape index (κ1) is 23.7. The Kier molecular flexibility index (Phi) is 10.3. The Balaban J connectivity index is 3.05. The van der Waals surface area contributed by atoms with Crippen molar-refractivity contribution in [3.05, 3.63) is 37.0 Å². The van der Waals surface area contributed by atoms with Crippen molar-refractivity contribution in [2.45, 2.75) is 46.5 Å². The highest BCUT2D eigenvalue weighted by atomic mass is 16.6. The van der Waals surface area contributed by atoms with Crippen molar-refractivity contribution in [3.63, 3.8) is 0 Å². The molecule has 6 nitrogen and oxygen atoms in total. The normalized spacial score (nSPS) is 21.4. The van der Waals surface area contributed by atoms with Gasteiger partial charge in [0.1, 0.15) is 0 Å². The molecule has 0 radical (unpaired) electrons. The van der Waals surface area contributed by atoms with Gasteiger partial charge in [0.05, 0.1) is 26.2 Å². The van der Waals surface area contributed by atoms with Gasteiger partial charge in [-0.15, -0.1) is 0 Å². The van der Waals surface area contributed by atoms with Crippen molar-refractivity contribution in [3.8, 4) is 0 Å². The van der Waals surface area contributed by atoms with Crippen LogP contribution in [0.3, 0.4) is 0 Å². The van der Waals surface area contributed by atoms with Gasteiger partial charge >= 0.3 is 17.9 Å². The Morgan fingerprint density at radius 2 is 1.57 bits per heavy atom. The maximum Gasteiger partial charge on any atom is 0.323 e. The summed E-state index contributed by atoms with van der Waals surface area (Å²) in [6.45, 7) is 9.65. The van der Waals surface area contributed by atoms with Crippen LogP contribution in [0.4, 0.5) is 0 Å². The van der Waals surface area contributed by atoms with E-state index in [1.54, 1.807) is 32.9 Å². The van der Waals surface area contributed by atoms with Gasteiger partial charge < -0.3 is 14.2 Å². The van der Waals surface area contributed by atoms with E-state index in [0.717, 1.165) is 0 Å². The topological polar surface area (TPSA) is 78.9 Å². The van der Waals surface area contributed by atoms with Crippen LogP contribution in [0.15, 0.2) is 37.0 Å². The Hall–Kier alpha value is -2.37. The molecule has 0 saturated heterocycles. The molecule has 156 valence electrons. The molecule has 0 aromatic carbocycles. The predicted octanol–water partition coefficient (Wildman–Crippen LogP) is 3.77. The zero-order valence-electron chi connectivity index (χ0n) is 17.1. The third kappa shape index (κ3) is 6.36. The smallest absolute Gasteiger partial charge is 0.323 e. The van der Waals surface area contributed by atoms with Crippen LogP contribution in [-0.4, -0.2) is 37.7 Å². The summed E-state index contributed by atoms with van der Waals surface area (Å²) in [5, 5.41) is 0. The molecule has 1 saturated carbocycles. The first-order valence-electron chi connectivity index (χ1n) is 9.91. The number of hydrogen-bond acceptors (Lipinski definition) is 6. The zero-order valence-corrected chi connectivity index (χ0v) is 17.1. The SMILES string of the molecule is C=C/C=C/[C@@H]1CC(C(=O)OCC)(C(=O)OCC)CC[C@H]1/C=C\CC(=O)OCC. The number of rotatable bonds is 10. The third-order valence-corrected chi connectivity index (χ3v) is 4.84. The summed E-state index contributed by atoms with van der Waals surface area (Å²) < 4.78 is 15.4. The standard InChI is InChI=1S/C22H32O6/c1-5-9-11-18-16-22(20(24)27-7-3,21(25)28-8-4)15-14-17(18)12-10-13-19(23)26-6-2/h5,9-12,17-18H,1,6-8,13-16H2,2-4H3/b11-9+,12-10-/t17-,18-/m1/s1. The molecule has 0 bridgehead atoms. The minimum absolute atomic E-state index is 0.0843. The fourth-order valence-corrected chi connectivity index (χ4v) is 3.51. The number of hydrogen-bond donors (Lipinski definition) is 0. The number of carbonyl (C=O) groups is 3. The highest BCUT2D eigenvalue weighted by Crippen LogP contribution is 2.45. The molecule has 2 atom stereocenters. The van der Waals surface area contributed by atoms with Crippen LogP contribution in [0, 0.1) is 17.3 Å². The summed E-state index contributed by atoms with van der Waals surface area (Å²) in [6, 6.07) is 0. The van der Waals surface area contributed by atoms with Gasteiger partial charge in [0.2, 0.25) is 0 Å². The average molecular weight is 392 g/mol. The molecule has 1 rings (SSSR count). The fourth-order valence-electron chi connectivity index (χ4n) is 3.51. The minimum atomic E-state index is -1.30. The average Bonchev–Trinajstić information content (AvgIpc) is 2.67. The maximum absolute atomic E-state index is 12.7. The summed E-state index contributed by atoms with van der Waals surface area (Å²) in [5.74, 6) is -1.33. The lowest BCUT2D eigenvalue weighted by atomic mass is 9.64. The second kappa shape index (κ2) is 12.2. The number of allylic oxidation sites excluding steroid dienone is 4. The van der Waals surface area contributed by atoms with E-state index < -0.39 is 17.4 Å². The van der Waals surface area contributed by atoms with Crippen molar-refractivity contribution >= 4 is 17.9 Å². The number of carbonyl (C=O) groups excluding carboxylic acids is 3. The van der Waals surface area contributed by atoms with Crippen molar-refractivity contribution in [2.24, 2.45) is 17.3 Å². The molecule has 1 aliphatic carbocycles. The van der Waals surface area contributed by atoms with Crippen LogP contribution in [0.2, 0.25) is 0 Å². The predicted molar refractivity (Wildman–Crippen MR) is 106 cm³/mol. The largest absolute Gasteiger partial charge is 0.466 e. The summed E-state index contributed by atoms with van der Waals surface area (Å²) in [6.07, 6.45) is 10.6. The van der Waals surface area contributed by atoms with E-state index in [1.165, 1.54) is 0 Å². The molecule has 6 heteroatoms. The fraction of sp³-hybridized carbons (Fsp3) is 0.591. The van der Waals surface area contributed by atoms with E-state index in [0.29, 0.717) is 25.9 Å². The Bertz CT molecular complexity index is 586. The van der Waals surface area contributed by atoms with Crippen LogP contribution < -0.4 is 0 Å². The minimum Gasteiger partial charge on any atom is -0.466 e. The quantitative estimate of drug-likeness (QED) is 0.185. The number of esters is 3. The summed E-state index contributed by atoms with van der Waals surface area (Å²) in [7, 11) is 0. The molecule has 28 heavy (non-hydrogen) atoms. The highest BCUT2D eigenvalue weighted by Gasteiger charge is 2.53. The lowest BCUT2D eigenvalue weighted by Gasteiger charge is -2.39. The van der Waals surface area contributed by atoms with Gasteiger partial charge in [-0.3, -0.25) is 14.4 Å². The van der Waals surface area contributed by atoms with Crippen LogP contribution in [0.1, 0.15) is 46.5 Å². The second-order valence-electron chi connectivity index (χ2n) is 6.65. The molecular formula is C22H32O6. The van der Waals surface area contributed by atoms with Crippen molar-refractivity contribution < 1.29 is 28.6 Å². The molecule has 0 aromatic heterocycles. The first-order valence-corrected chi connectivity index (χ1v) is 9.91. The van der Waals surface area contributed by atoms with Gasteiger partial charge in [-0.25, -0.2) is 0 Å². The Labute approximate surface area is 167 Å². The van der Waals surface area contributed by atoms with Gasteiger partial charge in [-0.05, 0) is 51.9 Å². The van der Waals surface area contributed by atoms with E-state index in [4.69, 9.17) is 14.2 Å². The molecule has 0 spiro atoms. The van der Waals surface area contributed by atoms with Crippen molar-refractivity contribution in [1.29, 1.82) is 0 Å². The van der Waals surface area contributed by atoms with Gasteiger partial charge in [0.25, 0.3) is 0 Å². The molecule has 0 heterocycles. The van der Waals surface area contributed by atoms with Crippen LogP contribution >= 0.6 is 0 Å². The molecule has 1 aliphatic rings. The van der Waals surface area contributed by atoms with Crippen LogP contribution in [-0.2, 0) is 28.6 Å². The monoisotopic (exact) mass is 392 g/mol. The van der Waals surface area contributed by atoms with Gasteiger partial charge in [-0.1, -0.05) is 37.0 Å². The van der Waals surface area contributed by atoms with E-state index in [9.17, 15) is 14.4 Å². The summed E-state index contributed by atoms with van der Waals surface area (Å²) >= 11 is 0. The van der Waals surface area contributed by atoms with Crippen LogP contribution in [0.25, 0.3) is 0 Å². The highest BCUT2D eigenvalue weighted by molar-refractivity contribution is 6.00. The molecule has 0 unspecified atom stereocenters. The Morgan fingerprint density at radius 1 is 0.964 bits per heavy atom. The Morgan fingerprint density at radius 3 is 2.11 bits per heavy atom. The van der Waals surface area contributed by atoms with Crippen molar-refractivity contribution in [2.75, 3.05) is 19.8 Å². The van der Waals surface area contributed by atoms with E-state index in [2.05, 4.69) is 6.58 Å². The third-order valence-electron chi connectivity index (χ3n) is 4.84. The van der Waals surface area contributed by atoms with Gasteiger partial charge in [0, 0.05) is 0 Å². The lowest BCUT2D eigenvalue weighted by molar-refractivity contribution is -0.176. The van der Waals surface area contributed by atoms with Crippen molar-refractivity contribution in [1.82, 2.24) is 0 Å². The summed E-state index contributed by atoms with van der Waals surface area (Å²) in [4.78, 5) is 36.9. The second-order valence-corrected chi connectivity index (χ2v) is 6.65. The molecule has 1 fully saturated rings. The van der Waals surface area contributed by atoms with Gasteiger partial charge in [-0.2, -0.15) is 0 Å². The summed E-state index contributed by atoms with van der Waals surface area (Å²) in [5.41, 5.74) is -1.30. The molecule has 0 aliphatic heterocycles. The first-order chi connectivity index (χ1) is 13.4. The van der Waals surface area contributed by atoms with Gasteiger partial charge in [0.15, 0.2) is 5.41 Å². The van der Waals surface area contributed by atoms with E-state index in [1.807, 2.05) is 18.2 Å². The lowest BCUT2D eigenvalue weighted by Crippen LogP contribution is -2.47. The molecular weight excluding hydrogens is 360 g/mol. The van der Waals surface area contributed by atoms with E-state index >= 15 is 0 Å². The molecule has 0 amide bonds. The van der Waals surface area contributed by atoms with E-state index in [-0.39, 0.29) is 37.4 Å². The zero-order chi connectivity index (χ0) is 21.0. The number of ether oxygens (including phenoxy) is 3. The van der Waals surface area contributed by atoms with Crippen LogP contribution in [0.5, 0.6) is 0 Å².